The fraction of sp³-hybridized carbons (Fsp3) is 0.200. The van der Waals surface area contributed by atoms with Crippen molar-refractivity contribution in [3.05, 3.63) is 29.7 Å². The second-order valence-electron chi connectivity index (χ2n) is 3.47. The predicted molar refractivity (Wildman–Crippen MR) is 59.6 cm³/mol. The van der Waals surface area contributed by atoms with Crippen molar-refractivity contribution in [3.63, 3.8) is 0 Å². The van der Waals surface area contributed by atoms with Gasteiger partial charge in [-0.1, -0.05) is 0 Å². The molecule has 0 amide bonds. The molecular formula is C10H10FN5O2. The molecule has 0 spiro atoms. The largest absolute Gasteiger partial charge is 0.464 e. The first kappa shape index (κ1) is 12.0. The second kappa shape index (κ2) is 4.40. The van der Waals surface area contributed by atoms with Crippen LogP contribution in [0.3, 0.4) is 0 Å². The van der Waals surface area contributed by atoms with Crippen molar-refractivity contribution in [2.75, 3.05) is 12.8 Å². The van der Waals surface area contributed by atoms with E-state index in [0.29, 0.717) is 0 Å². The number of nitrogens with zero attached hydrogens (tertiary/aromatic N) is 4. The Morgan fingerprint density at radius 3 is 2.89 bits per heavy atom. The molecule has 2 N–H and O–H groups in total. The van der Waals surface area contributed by atoms with E-state index in [9.17, 15) is 9.18 Å². The topological polar surface area (TPSA) is 95.9 Å². The summed E-state index contributed by atoms with van der Waals surface area (Å²) in [5.74, 6) is -1.40. The highest BCUT2D eigenvalue weighted by Gasteiger charge is 2.18. The molecule has 8 heteroatoms. The Morgan fingerprint density at radius 2 is 2.22 bits per heavy atom. The van der Waals surface area contributed by atoms with Crippen molar-refractivity contribution in [3.8, 4) is 5.82 Å². The Balaban J connectivity index is 2.53. The van der Waals surface area contributed by atoms with E-state index < -0.39 is 11.8 Å². The molecule has 0 radical (unpaired) electrons. The van der Waals surface area contributed by atoms with Crippen LogP contribution in [0.2, 0.25) is 0 Å². The summed E-state index contributed by atoms with van der Waals surface area (Å²) in [6, 6.07) is 0. The third kappa shape index (κ3) is 1.88. The Kier molecular flexibility index (Phi) is 2.92. The van der Waals surface area contributed by atoms with Gasteiger partial charge in [-0.3, -0.25) is 0 Å². The molecule has 0 aliphatic carbocycles. The van der Waals surface area contributed by atoms with Gasteiger partial charge in [-0.05, 0) is 6.92 Å². The van der Waals surface area contributed by atoms with Gasteiger partial charge in [0.05, 0.1) is 24.7 Å². The SMILES string of the molecule is COC(=O)c1nn(-c2ncnc(C)c2F)cc1N. The smallest absolute Gasteiger partial charge is 0.360 e. The number of carbonyl (C=O) groups excluding carboxylic acids is 1. The number of esters is 1. The number of aryl methyl sites for hydroxylation is 1. The van der Waals surface area contributed by atoms with Crippen LogP contribution >= 0.6 is 0 Å². The lowest BCUT2D eigenvalue weighted by molar-refractivity contribution is 0.0594. The standard InChI is InChI=1S/C10H10FN5O2/c1-5-7(11)9(14-4-13-5)16-3-6(12)8(15-16)10(17)18-2/h3-4H,12H2,1-2H3. The normalized spacial score (nSPS) is 10.4. The highest BCUT2D eigenvalue weighted by atomic mass is 19.1. The zero-order chi connectivity index (χ0) is 13.3. The summed E-state index contributed by atoms with van der Waals surface area (Å²) in [6.45, 7) is 1.49. The molecule has 2 heterocycles. The fourth-order valence-corrected chi connectivity index (χ4v) is 1.36. The zero-order valence-electron chi connectivity index (χ0n) is 9.72. The van der Waals surface area contributed by atoms with E-state index in [1.54, 1.807) is 0 Å². The third-order valence-corrected chi connectivity index (χ3v) is 2.28. The number of nitrogen functional groups attached to an aromatic ring is 1. The summed E-state index contributed by atoms with van der Waals surface area (Å²) in [5.41, 5.74) is 5.76. The minimum Gasteiger partial charge on any atom is -0.464 e. The number of hydrogen-bond donors (Lipinski definition) is 1. The minimum atomic E-state index is -0.697. The lowest BCUT2D eigenvalue weighted by Crippen LogP contribution is -2.08. The van der Waals surface area contributed by atoms with Crippen LogP contribution in [0.15, 0.2) is 12.5 Å². The predicted octanol–water partition coefficient (Wildman–Crippen LogP) is 0.479. The number of halogens is 1. The number of carbonyl (C=O) groups is 1. The van der Waals surface area contributed by atoms with Crippen molar-refractivity contribution in [1.82, 2.24) is 19.7 Å². The van der Waals surface area contributed by atoms with E-state index in [1.807, 2.05) is 0 Å². The molecule has 2 rings (SSSR count). The van der Waals surface area contributed by atoms with Gasteiger partial charge in [0.1, 0.15) is 6.33 Å². The molecule has 0 atom stereocenters. The fourth-order valence-electron chi connectivity index (χ4n) is 1.36. The van der Waals surface area contributed by atoms with Crippen LogP contribution in [0.4, 0.5) is 10.1 Å². The lowest BCUT2D eigenvalue weighted by Gasteiger charge is -2.02. The van der Waals surface area contributed by atoms with Crippen LogP contribution in [0.5, 0.6) is 0 Å². The maximum atomic E-state index is 13.8. The summed E-state index contributed by atoms with van der Waals surface area (Å²) in [4.78, 5) is 18.8. The number of nitrogens with two attached hydrogens (primary N) is 1. The molecule has 2 aromatic heterocycles. The van der Waals surface area contributed by atoms with Gasteiger partial charge in [-0.2, -0.15) is 5.10 Å². The Morgan fingerprint density at radius 1 is 1.50 bits per heavy atom. The van der Waals surface area contributed by atoms with Crippen molar-refractivity contribution >= 4 is 11.7 Å². The monoisotopic (exact) mass is 251 g/mol. The summed E-state index contributed by atoms with van der Waals surface area (Å²) >= 11 is 0. The van der Waals surface area contributed by atoms with E-state index in [4.69, 9.17) is 5.73 Å². The lowest BCUT2D eigenvalue weighted by atomic mass is 10.4. The number of ether oxygens (including phenoxy) is 1. The maximum Gasteiger partial charge on any atom is 0.360 e. The van der Waals surface area contributed by atoms with Gasteiger partial charge >= 0.3 is 5.97 Å². The Bertz CT molecular complexity index is 610. The van der Waals surface area contributed by atoms with Gasteiger partial charge in [-0.25, -0.2) is 23.8 Å². The molecule has 0 aromatic carbocycles. The summed E-state index contributed by atoms with van der Waals surface area (Å²) in [7, 11) is 1.20. The van der Waals surface area contributed by atoms with Crippen LogP contribution in [0.1, 0.15) is 16.2 Å². The second-order valence-corrected chi connectivity index (χ2v) is 3.47. The molecule has 0 saturated heterocycles. The van der Waals surface area contributed by atoms with Crippen LogP contribution < -0.4 is 5.73 Å². The summed E-state index contributed by atoms with van der Waals surface area (Å²) in [6.07, 6.45) is 2.49. The van der Waals surface area contributed by atoms with Crippen molar-refractivity contribution in [2.24, 2.45) is 0 Å². The first-order valence-corrected chi connectivity index (χ1v) is 4.95. The van der Waals surface area contributed by atoms with Gasteiger partial charge < -0.3 is 10.5 Å². The quantitative estimate of drug-likeness (QED) is 0.780. The minimum absolute atomic E-state index is 0.0793. The van der Waals surface area contributed by atoms with Crippen molar-refractivity contribution < 1.29 is 13.9 Å². The first-order chi connectivity index (χ1) is 8.54. The Hall–Kier alpha value is -2.51. The summed E-state index contributed by atoms with van der Waals surface area (Å²) < 4.78 is 19.3. The van der Waals surface area contributed by atoms with Crippen molar-refractivity contribution in [1.29, 1.82) is 0 Å². The molecule has 0 bridgehead atoms. The van der Waals surface area contributed by atoms with Gasteiger partial charge in [0.2, 0.25) is 0 Å². The number of hydrogen-bond acceptors (Lipinski definition) is 6. The molecule has 7 nitrogen and oxygen atoms in total. The molecule has 0 fully saturated rings. The molecule has 0 aliphatic heterocycles. The van der Waals surface area contributed by atoms with E-state index >= 15 is 0 Å². The molecule has 2 aromatic rings. The van der Waals surface area contributed by atoms with Crippen LogP contribution in [0.25, 0.3) is 5.82 Å². The number of rotatable bonds is 2. The zero-order valence-corrected chi connectivity index (χ0v) is 9.72. The van der Waals surface area contributed by atoms with Gasteiger partial charge in [0.15, 0.2) is 17.3 Å². The van der Waals surface area contributed by atoms with Gasteiger partial charge in [0.25, 0.3) is 0 Å². The maximum absolute atomic E-state index is 13.8. The molecule has 0 aliphatic rings. The van der Waals surface area contributed by atoms with Crippen LogP contribution in [-0.2, 0) is 4.74 Å². The average Bonchev–Trinajstić information content (AvgIpc) is 2.73. The van der Waals surface area contributed by atoms with Gasteiger partial charge in [0, 0.05) is 0 Å². The van der Waals surface area contributed by atoms with E-state index in [-0.39, 0.29) is 22.9 Å². The summed E-state index contributed by atoms with van der Waals surface area (Å²) in [5, 5.41) is 3.84. The van der Waals surface area contributed by atoms with E-state index in [1.165, 1.54) is 26.6 Å². The Labute approximate surface area is 101 Å². The first-order valence-electron chi connectivity index (χ1n) is 4.95. The average molecular weight is 251 g/mol. The number of aromatic nitrogens is 4. The molecule has 94 valence electrons. The number of methoxy groups -OCH3 is 1. The van der Waals surface area contributed by atoms with Gasteiger partial charge in [-0.15, -0.1) is 0 Å². The van der Waals surface area contributed by atoms with Crippen molar-refractivity contribution in [2.45, 2.75) is 6.92 Å². The van der Waals surface area contributed by atoms with Crippen LogP contribution in [-0.4, -0.2) is 32.8 Å². The third-order valence-electron chi connectivity index (χ3n) is 2.28. The molecule has 0 unspecified atom stereocenters. The molecule has 18 heavy (non-hydrogen) atoms. The number of anilines is 1. The highest BCUT2D eigenvalue weighted by Crippen LogP contribution is 2.16. The molecule has 0 saturated carbocycles. The van der Waals surface area contributed by atoms with E-state index in [0.717, 1.165) is 4.68 Å². The molecular weight excluding hydrogens is 241 g/mol. The van der Waals surface area contributed by atoms with Crippen LogP contribution in [0, 0.1) is 12.7 Å². The van der Waals surface area contributed by atoms with E-state index in [2.05, 4.69) is 19.8 Å². The highest BCUT2D eigenvalue weighted by molar-refractivity contribution is 5.92.